The minimum Gasteiger partial charge on any atom is -0.493 e. The lowest BCUT2D eigenvalue weighted by Crippen LogP contribution is -2.15. The van der Waals surface area contributed by atoms with Gasteiger partial charge in [-0.05, 0) is 42.0 Å². The number of ether oxygens (including phenoxy) is 2. The summed E-state index contributed by atoms with van der Waals surface area (Å²) in [4.78, 5) is 21.4. The quantitative estimate of drug-likeness (QED) is 0.463. The number of nitrogens with zero attached hydrogens (tertiary/aromatic N) is 2. The molecule has 1 amide bonds. The number of fused-ring (bicyclic) bond motifs is 1. The van der Waals surface area contributed by atoms with E-state index >= 15 is 0 Å². The van der Waals surface area contributed by atoms with Gasteiger partial charge in [-0.2, -0.15) is 0 Å². The summed E-state index contributed by atoms with van der Waals surface area (Å²) in [5.41, 5.74) is 3.71. The minimum absolute atomic E-state index is 0.223. The van der Waals surface area contributed by atoms with Crippen molar-refractivity contribution in [2.24, 2.45) is 0 Å². The molecule has 0 fully saturated rings. The predicted molar refractivity (Wildman–Crippen MR) is 121 cm³/mol. The van der Waals surface area contributed by atoms with E-state index in [1.807, 2.05) is 42.5 Å². The van der Waals surface area contributed by atoms with E-state index in [1.54, 1.807) is 44.9 Å². The Morgan fingerprint density at radius 1 is 0.968 bits per heavy atom. The number of hydrogen-bond acceptors (Lipinski definition) is 6. The maximum absolute atomic E-state index is 13.0. The number of pyridine rings is 2. The lowest BCUT2D eigenvalue weighted by molar-refractivity contribution is 0.102. The zero-order chi connectivity index (χ0) is 21.6. The molecule has 2 aromatic carbocycles. The minimum atomic E-state index is -0.223. The summed E-state index contributed by atoms with van der Waals surface area (Å²) < 4.78 is 10.7. The Labute approximate surface area is 180 Å². The molecule has 2 aromatic heterocycles. The first-order chi connectivity index (χ1) is 15.2. The van der Waals surface area contributed by atoms with Gasteiger partial charge in [0.2, 0.25) is 0 Å². The van der Waals surface area contributed by atoms with Crippen LogP contribution in [0.3, 0.4) is 0 Å². The molecule has 4 rings (SSSR count). The second-order valence-corrected chi connectivity index (χ2v) is 6.83. The molecule has 156 valence electrons. The topological polar surface area (TPSA) is 85.4 Å². The van der Waals surface area contributed by atoms with Crippen molar-refractivity contribution in [2.75, 3.05) is 24.9 Å². The van der Waals surface area contributed by atoms with Crippen LogP contribution in [0.4, 0.5) is 11.4 Å². The number of anilines is 2. The average Bonchev–Trinajstić information content (AvgIpc) is 2.82. The third-order valence-corrected chi connectivity index (χ3v) is 4.85. The summed E-state index contributed by atoms with van der Waals surface area (Å²) in [6.45, 7) is 0.589. The van der Waals surface area contributed by atoms with Crippen LogP contribution in [-0.4, -0.2) is 30.1 Å². The van der Waals surface area contributed by atoms with Crippen LogP contribution in [0.25, 0.3) is 10.9 Å². The van der Waals surface area contributed by atoms with Crippen LogP contribution in [0.15, 0.2) is 73.2 Å². The lowest BCUT2D eigenvalue weighted by Gasteiger charge is -2.13. The molecular weight excluding hydrogens is 392 g/mol. The van der Waals surface area contributed by atoms with Gasteiger partial charge in [-0.15, -0.1) is 0 Å². The first kappa shape index (κ1) is 20.2. The normalized spacial score (nSPS) is 10.5. The van der Waals surface area contributed by atoms with Crippen molar-refractivity contribution in [1.29, 1.82) is 0 Å². The van der Waals surface area contributed by atoms with Crippen molar-refractivity contribution in [2.45, 2.75) is 6.54 Å². The van der Waals surface area contributed by atoms with Crippen LogP contribution in [0.2, 0.25) is 0 Å². The van der Waals surface area contributed by atoms with Crippen molar-refractivity contribution >= 4 is 28.2 Å². The number of aromatic nitrogens is 2. The van der Waals surface area contributed by atoms with Gasteiger partial charge in [0.15, 0.2) is 11.5 Å². The van der Waals surface area contributed by atoms with Crippen LogP contribution in [-0.2, 0) is 6.54 Å². The molecule has 7 nitrogen and oxygen atoms in total. The molecule has 31 heavy (non-hydrogen) atoms. The van der Waals surface area contributed by atoms with E-state index in [0.717, 1.165) is 22.2 Å². The number of para-hydroxylation sites is 1. The molecule has 0 spiro atoms. The molecule has 7 heteroatoms. The largest absolute Gasteiger partial charge is 0.493 e. The highest BCUT2D eigenvalue weighted by molar-refractivity contribution is 6.08. The van der Waals surface area contributed by atoms with Crippen molar-refractivity contribution in [3.05, 3.63) is 84.3 Å². The number of carbonyl (C=O) groups is 1. The summed E-state index contributed by atoms with van der Waals surface area (Å²) in [7, 11) is 3.16. The van der Waals surface area contributed by atoms with Crippen molar-refractivity contribution in [3.8, 4) is 11.5 Å². The van der Waals surface area contributed by atoms with Gasteiger partial charge in [-0.3, -0.25) is 14.8 Å². The molecule has 0 aliphatic rings. The molecule has 0 aliphatic carbocycles. The third-order valence-electron chi connectivity index (χ3n) is 4.85. The predicted octanol–water partition coefficient (Wildman–Crippen LogP) is 4.51. The number of benzene rings is 2. The average molecular weight is 414 g/mol. The molecule has 0 saturated heterocycles. The molecule has 2 N–H and O–H groups in total. The monoisotopic (exact) mass is 414 g/mol. The standard InChI is InChI=1S/C24H22N4O3/c1-30-22-12-17-11-18(15-27-21(17)13-23(22)31-2)28-24(29)19-5-3-4-6-20(19)26-14-16-7-9-25-10-8-16/h3-13,15,26H,14H2,1-2H3,(H,28,29). The maximum atomic E-state index is 13.0. The van der Waals surface area contributed by atoms with E-state index in [-0.39, 0.29) is 5.91 Å². The zero-order valence-electron chi connectivity index (χ0n) is 17.3. The number of nitrogens with one attached hydrogen (secondary N) is 2. The number of amides is 1. The van der Waals surface area contributed by atoms with Crippen LogP contribution in [0.1, 0.15) is 15.9 Å². The summed E-state index contributed by atoms with van der Waals surface area (Å²) in [5.74, 6) is 0.985. The summed E-state index contributed by atoms with van der Waals surface area (Å²) in [5, 5.41) is 7.08. The zero-order valence-corrected chi connectivity index (χ0v) is 17.3. The Kier molecular flexibility index (Phi) is 5.93. The van der Waals surface area contributed by atoms with E-state index in [1.165, 1.54) is 0 Å². The molecule has 0 bridgehead atoms. The van der Waals surface area contributed by atoms with Crippen LogP contribution in [0.5, 0.6) is 11.5 Å². The Hall–Kier alpha value is -4.13. The fourth-order valence-corrected chi connectivity index (χ4v) is 3.26. The highest BCUT2D eigenvalue weighted by atomic mass is 16.5. The molecule has 0 atom stereocenters. The maximum Gasteiger partial charge on any atom is 0.257 e. The molecule has 0 aliphatic heterocycles. The van der Waals surface area contributed by atoms with Gasteiger partial charge in [-0.25, -0.2) is 0 Å². The molecular formula is C24H22N4O3. The lowest BCUT2D eigenvalue weighted by atomic mass is 10.1. The summed E-state index contributed by atoms with van der Waals surface area (Å²) >= 11 is 0. The van der Waals surface area contributed by atoms with Gasteiger partial charge in [0.05, 0.1) is 37.2 Å². The van der Waals surface area contributed by atoms with Crippen molar-refractivity contribution < 1.29 is 14.3 Å². The Morgan fingerprint density at radius 2 is 1.71 bits per heavy atom. The molecule has 4 aromatic rings. The fourth-order valence-electron chi connectivity index (χ4n) is 3.26. The molecule has 0 radical (unpaired) electrons. The number of rotatable bonds is 7. The number of hydrogen-bond donors (Lipinski definition) is 2. The van der Waals surface area contributed by atoms with Gasteiger partial charge < -0.3 is 20.1 Å². The van der Waals surface area contributed by atoms with Crippen LogP contribution >= 0.6 is 0 Å². The summed E-state index contributed by atoms with van der Waals surface area (Å²) in [6.07, 6.45) is 5.11. The van der Waals surface area contributed by atoms with Gasteiger partial charge in [0.25, 0.3) is 5.91 Å². The van der Waals surface area contributed by atoms with Crippen molar-refractivity contribution in [1.82, 2.24) is 9.97 Å². The first-order valence-corrected chi connectivity index (χ1v) is 9.73. The van der Waals surface area contributed by atoms with Gasteiger partial charge in [0.1, 0.15) is 0 Å². The fraction of sp³-hybridized carbons (Fsp3) is 0.125. The highest BCUT2D eigenvalue weighted by Gasteiger charge is 2.13. The van der Waals surface area contributed by atoms with Gasteiger partial charge in [-0.1, -0.05) is 12.1 Å². The molecule has 2 heterocycles. The Morgan fingerprint density at radius 3 is 2.48 bits per heavy atom. The smallest absolute Gasteiger partial charge is 0.257 e. The Balaban J connectivity index is 1.55. The van der Waals surface area contributed by atoms with Crippen LogP contribution in [0, 0.1) is 0 Å². The van der Waals surface area contributed by atoms with E-state index in [2.05, 4.69) is 20.6 Å². The van der Waals surface area contributed by atoms with Gasteiger partial charge >= 0.3 is 0 Å². The second kappa shape index (κ2) is 9.13. The van der Waals surface area contributed by atoms with E-state index < -0.39 is 0 Å². The molecule has 0 unspecified atom stereocenters. The van der Waals surface area contributed by atoms with E-state index in [4.69, 9.17) is 9.47 Å². The van der Waals surface area contributed by atoms with Crippen LogP contribution < -0.4 is 20.1 Å². The van der Waals surface area contributed by atoms with Crippen molar-refractivity contribution in [3.63, 3.8) is 0 Å². The van der Waals surface area contributed by atoms with Gasteiger partial charge in [0, 0.05) is 36.1 Å². The first-order valence-electron chi connectivity index (χ1n) is 9.73. The third kappa shape index (κ3) is 4.56. The Bertz CT molecular complexity index is 1210. The molecule has 0 saturated carbocycles. The number of carbonyl (C=O) groups excluding carboxylic acids is 1. The number of methoxy groups -OCH3 is 2. The van der Waals surface area contributed by atoms with E-state index in [9.17, 15) is 4.79 Å². The SMILES string of the molecule is COc1cc2cc(NC(=O)c3ccccc3NCc3ccncc3)cnc2cc1OC. The summed E-state index contributed by atoms with van der Waals surface area (Å²) in [6, 6.07) is 16.7. The van der Waals surface area contributed by atoms with E-state index in [0.29, 0.717) is 29.3 Å². The highest BCUT2D eigenvalue weighted by Crippen LogP contribution is 2.32. The second-order valence-electron chi connectivity index (χ2n) is 6.83.